The maximum Gasteiger partial charge on any atom is -0.0132 e. The molecule has 0 nitrogen and oxygen atoms in total. The van der Waals surface area contributed by atoms with E-state index >= 15 is 0 Å². The number of benzene rings is 2. The molecule has 20 heavy (non-hydrogen) atoms. The molecule has 106 valence electrons. The lowest BCUT2D eigenvalue weighted by atomic mass is 9.87. The zero-order valence-corrected chi connectivity index (χ0v) is 13.4. The Balaban J connectivity index is 0.000000204. The van der Waals surface area contributed by atoms with Crippen molar-refractivity contribution in [2.75, 3.05) is 0 Å². The van der Waals surface area contributed by atoms with Gasteiger partial charge in [0.1, 0.15) is 0 Å². The van der Waals surface area contributed by atoms with Gasteiger partial charge in [-0.05, 0) is 30.4 Å². The van der Waals surface area contributed by atoms with Gasteiger partial charge in [-0.2, -0.15) is 0 Å². The van der Waals surface area contributed by atoms with Crippen LogP contribution in [0.5, 0.6) is 0 Å². The van der Waals surface area contributed by atoms with Gasteiger partial charge in [-0.1, -0.05) is 93.1 Å². The van der Waals surface area contributed by atoms with E-state index in [1.807, 2.05) is 6.08 Å². The molecule has 0 unspecified atom stereocenters. The predicted molar refractivity (Wildman–Crippen MR) is 91.1 cm³/mol. The van der Waals surface area contributed by atoms with Crippen molar-refractivity contribution in [2.24, 2.45) is 0 Å². The van der Waals surface area contributed by atoms with Crippen molar-refractivity contribution in [1.82, 2.24) is 0 Å². The predicted octanol–water partition coefficient (Wildman–Crippen LogP) is 5.93. The van der Waals surface area contributed by atoms with Gasteiger partial charge in [0.15, 0.2) is 0 Å². The second-order valence-electron chi connectivity index (χ2n) is 6.23. The first kappa shape index (κ1) is 16.2. The summed E-state index contributed by atoms with van der Waals surface area (Å²) in [6.07, 6.45) is 1.85. The molecule has 0 fully saturated rings. The normalized spacial score (nSPS) is 10.4. The zero-order valence-electron chi connectivity index (χ0n) is 13.4. The lowest BCUT2D eigenvalue weighted by molar-refractivity contribution is 0.590. The van der Waals surface area contributed by atoms with Crippen LogP contribution >= 0.6 is 0 Å². The van der Waals surface area contributed by atoms with E-state index in [0.717, 1.165) is 0 Å². The fourth-order valence-corrected chi connectivity index (χ4v) is 1.76. The van der Waals surface area contributed by atoms with E-state index in [0.29, 0.717) is 0 Å². The number of aryl methyl sites for hydroxylation is 2. The minimum atomic E-state index is 0.285. The Labute approximate surface area is 124 Å². The molecule has 0 spiro atoms. The number of rotatable bonds is 1. The molecule has 0 amide bonds. The third-order valence-electron chi connectivity index (χ3n) is 3.23. The second-order valence-corrected chi connectivity index (χ2v) is 6.23. The molecule has 0 N–H and O–H groups in total. The van der Waals surface area contributed by atoms with Gasteiger partial charge in [-0.25, -0.2) is 0 Å². The van der Waals surface area contributed by atoms with Gasteiger partial charge in [0, 0.05) is 0 Å². The van der Waals surface area contributed by atoms with Crippen LogP contribution in [0.2, 0.25) is 0 Å². The van der Waals surface area contributed by atoms with Gasteiger partial charge in [0.05, 0.1) is 0 Å². The summed E-state index contributed by atoms with van der Waals surface area (Å²) in [6, 6.07) is 17.0. The summed E-state index contributed by atoms with van der Waals surface area (Å²) in [5, 5.41) is 0. The average Bonchev–Trinajstić information content (AvgIpc) is 2.40. The fraction of sp³-hybridized carbons (Fsp3) is 0.300. The van der Waals surface area contributed by atoms with Crippen LogP contribution in [0.25, 0.3) is 6.08 Å². The zero-order chi connectivity index (χ0) is 15.2. The molecule has 0 aliphatic carbocycles. The average molecular weight is 266 g/mol. The Morgan fingerprint density at radius 3 is 1.50 bits per heavy atom. The fourth-order valence-electron chi connectivity index (χ4n) is 1.76. The Hall–Kier alpha value is -1.82. The molecule has 2 aromatic carbocycles. The summed E-state index contributed by atoms with van der Waals surface area (Å²) in [5.74, 6) is 0. The topological polar surface area (TPSA) is 0 Å². The highest BCUT2D eigenvalue weighted by atomic mass is 14.2. The summed E-state index contributed by atoms with van der Waals surface area (Å²) >= 11 is 0. The van der Waals surface area contributed by atoms with E-state index in [4.69, 9.17) is 0 Å². The largest absolute Gasteiger partial charge is 0.0985 e. The molecular weight excluding hydrogens is 240 g/mol. The van der Waals surface area contributed by atoms with Gasteiger partial charge in [-0.15, -0.1) is 0 Å². The first-order valence-corrected chi connectivity index (χ1v) is 7.09. The molecule has 0 saturated heterocycles. The van der Waals surface area contributed by atoms with E-state index in [-0.39, 0.29) is 5.41 Å². The maximum atomic E-state index is 3.66. The minimum Gasteiger partial charge on any atom is -0.0985 e. The lowest BCUT2D eigenvalue weighted by Crippen LogP contribution is -2.10. The molecule has 0 aliphatic heterocycles. The van der Waals surface area contributed by atoms with Crippen molar-refractivity contribution >= 4 is 6.08 Å². The highest BCUT2D eigenvalue weighted by molar-refractivity contribution is 5.46. The summed E-state index contributed by atoms with van der Waals surface area (Å²) in [7, 11) is 0. The van der Waals surface area contributed by atoms with E-state index in [1.54, 1.807) is 0 Å². The van der Waals surface area contributed by atoms with Crippen LogP contribution in [0, 0.1) is 13.8 Å². The monoisotopic (exact) mass is 266 g/mol. The smallest absolute Gasteiger partial charge is 0.0132 e. The van der Waals surface area contributed by atoms with Crippen LogP contribution in [0.1, 0.15) is 43.0 Å². The lowest BCUT2D eigenvalue weighted by Gasteiger charge is -2.18. The first-order valence-electron chi connectivity index (χ1n) is 7.09. The van der Waals surface area contributed by atoms with E-state index in [1.165, 1.54) is 22.3 Å². The molecule has 0 saturated carbocycles. The van der Waals surface area contributed by atoms with Crippen LogP contribution in [-0.4, -0.2) is 0 Å². The van der Waals surface area contributed by atoms with Crippen molar-refractivity contribution in [2.45, 2.75) is 40.0 Å². The first-order chi connectivity index (χ1) is 9.32. The van der Waals surface area contributed by atoms with Gasteiger partial charge >= 0.3 is 0 Å². The van der Waals surface area contributed by atoms with Gasteiger partial charge in [0.2, 0.25) is 0 Å². The summed E-state index contributed by atoms with van der Waals surface area (Å²) < 4.78 is 0. The van der Waals surface area contributed by atoms with Gasteiger partial charge < -0.3 is 0 Å². The molecule has 0 atom stereocenters. The molecule has 2 aromatic rings. The molecule has 0 bridgehead atoms. The molecule has 2 rings (SSSR count). The maximum absolute atomic E-state index is 3.66. The third-order valence-corrected chi connectivity index (χ3v) is 3.23. The van der Waals surface area contributed by atoms with Crippen LogP contribution in [0.4, 0.5) is 0 Å². The van der Waals surface area contributed by atoms with Crippen molar-refractivity contribution in [3.8, 4) is 0 Å². The molecule has 0 radical (unpaired) electrons. The van der Waals surface area contributed by atoms with Crippen molar-refractivity contribution in [3.05, 3.63) is 77.4 Å². The highest BCUT2D eigenvalue weighted by Gasteiger charge is 2.11. The van der Waals surface area contributed by atoms with Crippen molar-refractivity contribution in [1.29, 1.82) is 0 Å². The SMILES string of the molecule is C=Cc1ccc(C)cc1.Cc1ccc(C(C)(C)C)cc1. The summed E-state index contributed by atoms with van der Waals surface area (Å²) in [6.45, 7) is 14.6. The standard InChI is InChI=1S/C11H16.C9H10/c1-9-5-7-10(8-6-9)11(2,3)4;1-3-9-6-4-8(2)5-7-9/h5-8H,1-4H3;3-7H,1H2,2H3. The Bertz CT molecular complexity index is 522. The number of hydrogen-bond donors (Lipinski definition) is 0. The third kappa shape index (κ3) is 5.44. The highest BCUT2D eigenvalue weighted by Crippen LogP contribution is 2.21. The quantitative estimate of drug-likeness (QED) is 0.600. The number of hydrogen-bond acceptors (Lipinski definition) is 0. The molecule has 0 heterocycles. The molecule has 0 heteroatoms. The molecular formula is C20H26. The Kier molecular flexibility index (Phi) is 5.76. The van der Waals surface area contributed by atoms with Gasteiger partial charge in [-0.3, -0.25) is 0 Å². The van der Waals surface area contributed by atoms with Crippen LogP contribution in [-0.2, 0) is 5.41 Å². The Morgan fingerprint density at radius 1 is 0.750 bits per heavy atom. The summed E-state index contributed by atoms with van der Waals surface area (Å²) in [4.78, 5) is 0. The molecule has 0 aliphatic rings. The van der Waals surface area contributed by atoms with E-state index in [9.17, 15) is 0 Å². The van der Waals surface area contributed by atoms with Crippen LogP contribution in [0.3, 0.4) is 0 Å². The summed E-state index contributed by atoms with van der Waals surface area (Å²) in [5.41, 5.74) is 5.50. The van der Waals surface area contributed by atoms with E-state index < -0.39 is 0 Å². The van der Waals surface area contributed by atoms with Crippen LogP contribution < -0.4 is 0 Å². The van der Waals surface area contributed by atoms with Crippen LogP contribution in [0.15, 0.2) is 55.1 Å². The van der Waals surface area contributed by atoms with Gasteiger partial charge in [0.25, 0.3) is 0 Å². The van der Waals surface area contributed by atoms with E-state index in [2.05, 4.69) is 89.7 Å². The molecule has 0 aromatic heterocycles. The minimum absolute atomic E-state index is 0.285. The van der Waals surface area contributed by atoms with Crippen molar-refractivity contribution < 1.29 is 0 Å². The second kappa shape index (κ2) is 7.09. The van der Waals surface area contributed by atoms with Crippen molar-refractivity contribution in [3.63, 3.8) is 0 Å². The Morgan fingerprint density at radius 2 is 1.15 bits per heavy atom.